The van der Waals surface area contributed by atoms with Crippen LogP contribution < -0.4 is 10.5 Å². The fourth-order valence-electron chi connectivity index (χ4n) is 1.66. The maximum Gasteiger partial charge on any atom is 0.145 e. The summed E-state index contributed by atoms with van der Waals surface area (Å²) in [6, 6.07) is 14.0. The average Bonchev–Trinajstić information content (AvgIpc) is 2.43. The van der Waals surface area contributed by atoms with Gasteiger partial charge >= 0.3 is 0 Å². The highest BCUT2D eigenvalue weighted by molar-refractivity contribution is 5.84. The molecule has 0 aliphatic heterocycles. The summed E-state index contributed by atoms with van der Waals surface area (Å²) in [4.78, 5) is 0. The summed E-state index contributed by atoms with van der Waals surface area (Å²) in [6.07, 6.45) is 0. The van der Waals surface area contributed by atoms with Gasteiger partial charge in [0.2, 0.25) is 0 Å². The van der Waals surface area contributed by atoms with E-state index in [1.54, 1.807) is 0 Å². The monoisotopic (exact) mass is 244 g/mol. The summed E-state index contributed by atoms with van der Waals surface area (Å²) in [5, 5.41) is 13.8. The molecule has 2 aromatic carbocycles. The predicted molar refractivity (Wildman–Crippen MR) is 72.0 cm³/mol. The summed E-state index contributed by atoms with van der Waals surface area (Å²) in [5.74, 6) is 0.837. The Morgan fingerprint density at radius 2 is 2.00 bits per heavy atom. The number of nitrogens with two attached hydrogens (primary N) is 1. The van der Waals surface area contributed by atoms with Crippen LogP contribution in [0.5, 0.6) is 5.75 Å². The van der Waals surface area contributed by atoms with E-state index in [2.05, 4.69) is 11.2 Å². The molecule has 0 aliphatic rings. The third-order valence-corrected chi connectivity index (χ3v) is 2.84. The van der Waals surface area contributed by atoms with E-state index in [0.717, 1.165) is 11.1 Å². The molecule has 0 bridgehead atoms. The highest BCUT2D eigenvalue weighted by atomic mass is 16.5. The molecule has 4 nitrogen and oxygen atoms in total. The normalized spacial score (nSPS) is 13.5. The molecule has 1 atom stereocenters. The van der Waals surface area contributed by atoms with Gasteiger partial charge in [0, 0.05) is 0 Å². The number of hydrogen-bond acceptors (Lipinski definition) is 3. The molecule has 0 amide bonds. The van der Waals surface area contributed by atoms with E-state index in [1.807, 2.05) is 43.3 Å². The molecule has 1 unspecified atom stereocenters. The van der Waals surface area contributed by atoms with Crippen LogP contribution in [0.4, 0.5) is 0 Å². The molecule has 0 aromatic heterocycles. The van der Waals surface area contributed by atoms with E-state index in [1.165, 1.54) is 5.39 Å². The smallest absolute Gasteiger partial charge is 0.145 e. The first-order valence-electron chi connectivity index (χ1n) is 5.79. The van der Waals surface area contributed by atoms with E-state index in [-0.39, 0.29) is 11.8 Å². The van der Waals surface area contributed by atoms with Gasteiger partial charge in [-0.05, 0) is 22.9 Å². The summed E-state index contributed by atoms with van der Waals surface area (Å²) >= 11 is 0. The van der Waals surface area contributed by atoms with Gasteiger partial charge in [-0.3, -0.25) is 0 Å². The second-order valence-corrected chi connectivity index (χ2v) is 4.25. The second-order valence-electron chi connectivity index (χ2n) is 4.25. The number of hydrogen-bond donors (Lipinski definition) is 2. The van der Waals surface area contributed by atoms with Crippen molar-refractivity contribution in [3.8, 4) is 5.75 Å². The number of ether oxygens (including phenoxy) is 1. The fraction of sp³-hybridized carbons (Fsp3) is 0.214. The Balaban J connectivity index is 2.08. The summed E-state index contributed by atoms with van der Waals surface area (Å²) in [7, 11) is 0. The molecule has 2 aromatic rings. The van der Waals surface area contributed by atoms with Crippen LogP contribution in [-0.4, -0.2) is 17.6 Å². The van der Waals surface area contributed by atoms with E-state index in [9.17, 15) is 0 Å². The third-order valence-electron chi connectivity index (χ3n) is 2.84. The minimum atomic E-state index is -0.124. The molecule has 0 saturated heterocycles. The highest BCUT2D eigenvalue weighted by Gasteiger charge is 2.08. The molecule has 0 radical (unpaired) electrons. The molecule has 18 heavy (non-hydrogen) atoms. The van der Waals surface area contributed by atoms with Gasteiger partial charge < -0.3 is 15.7 Å². The average molecular weight is 244 g/mol. The molecule has 0 spiro atoms. The van der Waals surface area contributed by atoms with Crippen molar-refractivity contribution in [2.75, 3.05) is 6.61 Å². The second kappa shape index (κ2) is 5.40. The van der Waals surface area contributed by atoms with Crippen molar-refractivity contribution in [1.29, 1.82) is 0 Å². The Hall–Kier alpha value is -2.23. The van der Waals surface area contributed by atoms with Crippen LogP contribution in [0.2, 0.25) is 0 Å². The van der Waals surface area contributed by atoms with Gasteiger partial charge in [-0.15, -0.1) is 0 Å². The van der Waals surface area contributed by atoms with Gasteiger partial charge in [-0.1, -0.05) is 42.4 Å². The van der Waals surface area contributed by atoms with Crippen molar-refractivity contribution in [3.05, 3.63) is 42.5 Å². The van der Waals surface area contributed by atoms with Gasteiger partial charge in [-0.25, -0.2) is 0 Å². The van der Waals surface area contributed by atoms with Crippen molar-refractivity contribution < 1.29 is 9.94 Å². The van der Waals surface area contributed by atoms with Gasteiger partial charge in [0.05, 0.1) is 12.5 Å². The number of amidine groups is 1. The molecular weight excluding hydrogens is 228 g/mol. The lowest BCUT2D eigenvalue weighted by atomic mass is 10.1. The van der Waals surface area contributed by atoms with Gasteiger partial charge in [0.15, 0.2) is 0 Å². The SMILES string of the molecule is CC(COc1ccc2ccccc2c1)/C(N)=N/O. The summed E-state index contributed by atoms with van der Waals surface area (Å²) in [6.45, 7) is 2.23. The summed E-state index contributed by atoms with van der Waals surface area (Å²) in [5.41, 5.74) is 5.49. The Kier molecular flexibility index (Phi) is 3.67. The van der Waals surface area contributed by atoms with Crippen LogP contribution in [0.25, 0.3) is 10.8 Å². The van der Waals surface area contributed by atoms with Crippen molar-refractivity contribution in [3.63, 3.8) is 0 Å². The lowest BCUT2D eigenvalue weighted by Gasteiger charge is -2.12. The lowest BCUT2D eigenvalue weighted by molar-refractivity contribution is 0.279. The number of nitrogens with zero attached hydrogens (tertiary/aromatic N) is 1. The Labute approximate surface area is 106 Å². The minimum Gasteiger partial charge on any atom is -0.493 e. The minimum absolute atomic E-state index is 0.124. The largest absolute Gasteiger partial charge is 0.493 e. The first-order valence-corrected chi connectivity index (χ1v) is 5.79. The summed E-state index contributed by atoms with van der Waals surface area (Å²) < 4.78 is 5.63. The zero-order chi connectivity index (χ0) is 13.0. The molecule has 2 rings (SSSR count). The highest BCUT2D eigenvalue weighted by Crippen LogP contribution is 2.20. The van der Waals surface area contributed by atoms with Gasteiger partial charge in [0.1, 0.15) is 11.6 Å². The molecule has 4 heteroatoms. The topological polar surface area (TPSA) is 67.8 Å². The van der Waals surface area contributed by atoms with Crippen LogP contribution in [-0.2, 0) is 0 Å². The van der Waals surface area contributed by atoms with Crippen molar-refractivity contribution in [2.45, 2.75) is 6.92 Å². The Morgan fingerprint density at radius 1 is 1.28 bits per heavy atom. The first kappa shape index (κ1) is 12.2. The quantitative estimate of drug-likeness (QED) is 0.376. The molecule has 0 saturated carbocycles. The fourth-order valence-corrected chi connectivity index (χ4v) is 1.66. The lowest BCUT2D eigenvalue weighted by Crippen LogP contribution is -2.26. The molecular formula is C14H16N2O2. The van der Waals surface area contributed by atoms with Gasteiger partial charge in [0.25, 0.3) is 0 Å². The number of fused-ring (bicyclic) bond motifs is 1. The predicted octanol–water partition coefficient (Wildman–Crippen LogP) is 2.60. The molecule has 94 valence electrons. The standard InChI is InChI=1S/C14H16N2O2/c1-10(14(15)16-17)9-18-13-7-6-11-4-2-3-5-12(11)8-13/h2-8,10,17H,9H2,1H3,(H2,15,16). The molecule has 0 aliphatic carbocycles. The number of benzene rings is 2. The zero-order valence-corrected chi connectivity index (χ0v) is 10.2. The third kappa shape index (κ3) is 2.71. The van der Waals surface area contributed by atoms with Crippen molar-refractivity contribution in [1.82, 2.24) is 0 Å². The van der Waals surface area contributed by atoms with E-state index < -0.39 is 0 Å². The molecule has 0 fully saturated rings. The molecule has 3 N–H and O–H groups in total. The number of rotatable bonds is 4. The zero-order valence-electron chi connectivity index (χ0n) is 10.2. The first-order chi connectivity index (χ1) is 8.70. The number of oxime groups is 1. The molecule has 0 heterocycles. The van der Waals surface area contributed by atoms with E-state index >= 15 is 0 Å². The van der Waals surface area contributed by atoms with E-state index in [4.69, 9.17) is 15.7 Å². The van der Waals surface area contributed by atoms with Crippen molar-refractivity contribution in [2.24, 2.45) is 16.8 Å². The van der Waals surface area contributed by atoms with Crippen LogP contribution in [0.3, 0.4) is 0 Å². The Bertz CT molecular complexity index is 566. The van der Waals surface area contributed by atoms with Crippen LogP contribution >= 0.6 is 0 Å². The van der Waals surface area contributed by atoms with Crippen LogP contribution in [0.1, 0.15) is 6.92 Å². The maximum absolute atomic E-state index is 8.55. The van der Waals surface area contributed by atoms with Crippen molar-refractivity contribution >= 4 is 16.6 Å². The van der Waals surface area contributed by atoms with E-state index in [0.29, 0.717) is 6.61 Å². The van der Waals surface area contributed by atoms with Crippen LogP contribution in [0.15, 0.2) is 47.6 Å². The van der Waals surface area contributed by atoms with Gasteiger partial charge in [-0.2, -0.15) is 0 Å². The Morgan fingerprint density at radius 3 is 2.72 bits per heavy atom. The maximum atomic E-state index is 8.55. The van der Waals surface area contributed by atoms with Crippen LogP contribution in [0, 0.1) is 5.92 Å².